The molecule has 0 saturated carbocycles. The lowest BCUT2D eigenvalue weighted by Gasteiger charge is -2.12. The van der Waals surface area contributed by atoms with Crippen molar-refractivity contribution in [1.29, 1.82) is 0 Å². The van der Waals surface area contributed by atoms with Crippen LogP contribution in [-0.2, 0) is 11.8 Å². The molecule has 0 saturated heterocycles. The summed E-state index contributed by atoms with van der Waals surface area (Å²) in [5.74, 6) is -10.6. The quantitative estimate of drug-likeness (QED) is 0.0311. The molecule has 0 bridgehead atoms. The summed E-state index contributed by atoms with van der Waals surface area (Å²) in [5.41, 5.74) is 1.74. The number of anilines is 5. The summed E-state index contributed by atoms with van der Waals surface area (Å²) in [6.07, 6.45) is 23.8. The Morgan fingerprint density at radius 3 is 1.24 bits per heavy atom. The van der Waals surface area contributed by atoms with Gasteiger partial charge >= 0.3 is 0 Å². The van der Waals surface area contributed by atoms with Crippen LogP contribution in [0.25, 0.3) is 0 Å². The number of hydrogen-bond donors (Lipinski definition) is 5. The number of alkyl halides is 4. The van der Waals surface area contributed by atoms with E-state index >= 15 is 0 Å². The highest BCUT2D eigenvalue weighted by atomic mass is 19.3. The molecule has 5 N–H and O–H groups in total. The van der Waals surface area contributed by atoms with E-state index in [0.717, 1.165) is 43.7 Å². The van der Waals surface area contributed by atoms with E-state index in [-0.39, 0.29) is 56.7 Å². The molecule has 7 heterocycles. The Hall–Kier alpha value is -17.1. The van der Waals surface area contributed by atoms with Crippen molar-refractivity contribution in [2.45, 2.75) is 32.6 Å². The molecule has 638 valence electrons. The summed E-state index contributed by atoms with van der Waals surface area (Å²) in [7, 11) is 0. The number of aromatic nitrogens is 9. The van der Waals surface area contributed by atoms with Crippen LogP contribution in [0.15, 0.2) is 311 Å². The largest absolute Gasteiger partial charge is 0.456 e. The number of nitrogens with one attached hydrogen (secondary N) is 5. The van der Waals surface area contributed by atoms with Gasteiger partial charge in [0, 0.05) is 132 Å². The SMILES string of the molecule is C#Cc1ccc(F)c(C(=O)Nc2cc(F)c(F)c(Oc3cncnc3)c2)c1.CC(F)(F)c1cccc(C(=O)Nc2cccc(Oc3cccnc3)c2)c1.CC(F)(F)c1cccc(C(=O)Nc2cccc(Oc3cccnc3)c2)n1.Cc1cccc(C(=O)Nc2cc(F)c(F)c(Oc3cncnc3)c2)c1.O=C(Nc1cccc(Oc2cccnc2)c1)c1ncccc1F. The molecule has 0 spiro atoms. The number of halogens is 10. The molecule has 15 aromatic rings. The molecule has 0 atom stereocenters. The van der Waals surface area contributed by atoms with Gasteiger partial charge in [0.2, 0.25) is 11.6 Å². The third-order valence-corrected chi connectivity index (χ3v) is 16.6. The molecule has 0 radical (unpaired) electrons. The maximum Gasteiger partial charge on any atom is 0.287 e. The molecular formula is C93H66F10N14O10. The molecular weight excluding hydrogens is 1660 g/mol. The summed E-state index contributed by atoms with van der Waals surface area (Å²) in [6, 6.07) is 57.0. The minimum atomic E-state index is -3.12. The molecule has 34 heteroatoms. The smallest absolute Gasteiger partial charge is 0.287 e. The minimum absolute atomic E-state index is 0.0621. The Labute approximate surface area is 716 Å². The van der Waals surface area contributed by atoms with Crippen molar-refractivity contribution in [3.8, 4) is 69.8 Å². The first kappa shape index (κ1) is 90.6. The second kappa shape index (κ2) is 43.4. The number of benzene rings is 8. The highest BCUT2D eigenvalue weighted by molar-refractivity contribution is 6.07. The fourth-order valence-electron chi connectivity index (χ4n) is 10.8. The lowest BCUT2D eigenvalue weighted by molar-refractivity contribution is 0.0125. The fourth-order valence-corrected chi connectivity index (χ4v) is 10.8. The number of aryl methyl sites for hydroxylation is 1. The van der Waals surface area contributed by atoms with E-state index in [4.69, 9.17) is 30.1 Å². The summed E-state index contributed by atoms with van der Waals surface area (Å²) < 4.78 is 164. The third kappa shape index (κ3) is 27.4. The van der Waals surface area contributed by atoms with Gasteiger partial charge in [-0.1, -0.05) is 60.0 Å². The van der Waals surface area contributed by atoms with E-state index in [1.54, 1.807) is 165 Å². The summed E-state index contributed by atoms with van der Waals surface area (Å²) in [4.78, 5) is 95.4. The number of amides is 5. The van der Waals surface area contributed by atoms with Crippen LogP contribution in [0.2, 0.25) is 0 Å². The molecule has 7 aromatic heterocycles. The number of ether oxygens (including phenoxy) is 5. The van der Waals surface area contributed by atoms with Crippen LogP contribution in [0, 0.1) is 54.2 Å². The zero-order valence-electron chi connectivity index (χ0n) is 66.4. The van der Waals surface area contributed by atoms with Gasteiger partial charge in [0.15, 0.2) is 46.1 Å². The van der Waals surface area contributed by atoms with Crippen molar-refractivity contribution >= 4 is 58.0 Å². The molecule has 0 unspecified atom stereocenters. The van der Waals surface area contributed by atoms with Crippen molar-refractivity contribution in [3.63, 3.8) is 0 Å². The number of terminal acetylenes is 1. The first-order valence-corrected chi connectivity index (χ1v) is 37.3. The Morgan fingerprint density at radius 2 is 0.780 bits per heavy atom. The van der Waals surface area contributed by atoms with Crippen LogP contribution >= 0.6 is 0 Å². The summed E-state index contributed by atoms with van der Waals surface area (Å²) in [5, 5.41) is 12.7. The Balaban J connectivity index is 0.000000154. The van der Waals surface area contributed by atoms with Crippen molar-refractivity contribution < 1.29 is 91.6 Å². The molecule has 0 aliphatic carbocycles. The van der Waals surface area contributed by atoms with Crippen molar-refractivity contribution in [1.82, 2.24) is 44.9 Å². The zero-order chi connectivity index (χ0) is 90.4. The van der Waals surface area contributed by atoms with E-state index in [2.05, 4.69) is 77.4 Å². The van der Waals surface area contributed by atoms with E-state index in [0.29, 0.717) is 62.7 Å². The van der Waals surface area contributed by atoms with Crippen LogP contribution in [0.1, 0.15) is 88.3 Å². The maximum absolute atomic E-state index is 14.0. The molecule has 5 amide bonds. The average molecular weight is 1730 g/mol. The number of carbonyl (C=O) groups is 5. The maximum atomic E-state index is 14.0. The van der Waals surface area contributed by atoms with Crippen LogP contribution in [-0.4, -0.2) is 74.4 Å². The average Bonchev–Trinajstić information content (AvgIpc) is 0.855. The monoisotopic (exact) mass is 1730 g/mol. The zero-order valence-corrected chi connectivity index (χ0v) is 66.4. The first-order chi connectivity index (χ1) is 61.0. The van der Waals surface area contributed by atoms with E-state index in [1.807, 2.05) is 13.0 Å². The Bertz CT molecular complexity index is 6240. The Kier molecular flexibility index (Phi) is 31.0. The van der Waals surface area contributed by atoms with Gasteiger partial charge in [0.05, 0.1) is 48.9 Å². The van der Waals surface area contributed by atoms with Gasteiger partial charge in [-0.3, -0.25) is 38.9 Å². The first-order valence-electron chi connectivity index (χ1n) is 37.3. The van der Waals surface area contributed by atoms with Gasteiger partial charge in [-0.05, 0) is 146 Å². The van der Waals surface area contributed by atoms with E-state index in [1.165, 1.54) is 116 Å². The normalized spacial score (nSPS) is 10.6. The molecule has 24 nitrogen and oxygen atoms in total. The van der Waals surface area contributed by atoms with Crippen LogP contribution in [0.4, 0.5) is 72.3 Å². The van der Waals surface area contributed by atoms with Crippen molar-refractivity contribution in [2.24, 2.45) is 0 Å². The predicted molar refractivity (Wildman–Crippen MR) is 448 cm³/mol. The molecule has 127 heavy (non-hydrogen) atoms. The number of carbonyl (C=O) groups excluding carboxylic acids is 5. The fraction of sp³-hybridized carbons (Fsp3) is 0.0538. The standard InChI is InChI=1S/C20H16F2N2O2.C19H10F3N3O2.C19H15F2N3O2.C18H13F2N3O2.C17H12FN3O2/c1-20(21,22)15-6-2-5-14(11-15)19(25)24-16-7-3-8-17(12-16)26-18-9-4-10-23-13-18;1-2-11-3-4-15(20)14(5-11)19(26)25-12-6-16(21)18(22)17(7-12)27-13-8-23-10-24-9-13;1-19(20,21)17-9-3-8-16(24-17)18(25)23-13-5-2-6-14(11-13)26-15-7-4-10-22-12-15;1-11-3-2-4-12(5-11)18(24)23-13-6-15(19)17(20)16(7-13)25-14-8-21-10-22-9-14;18-15-7-3-9-20-16(15)17(22)21-12-4-1-5-13(10-12)23-14-6-2-8-19-11-14/h2-13H,1H3,(H,24,25);1,3-10H,(H,25,26);2-12H,1H3,(H,23,25);2-10H,1H3,(H,23,24);1-11H,(H,21,22). The molecule has 0 aliphatic heterocycles. The highest BCUT2D eigenvalue weighted by Gasteiger charge is 2.28. The lowest BCUT2D eigenvalue weighted by atomic mass is 10.1. The van der Waals surface area contributed by atoms with Crippen LogP contribution in [0.5, 0.6) is 57.5 Å². The molecule has 0 fully saturated rings. The number of rotatable bonds is 22. The lowest BCUT2D eigenvalue weighted by Crippen LogP contribution is -2.17. The Morgan fingerprint density at radius 1 is 0.354 bits per heavy atom. The molecule has 0 aliphatic rings. The minimum Gasteiger partial charge on any atom is -0.456 e. The van der Waals surface area contributed by atoms with Crippen molar-refractivity contribution in [3.05, 3.63) is 397 Å². The van der Waals surface area contributed by atoms with Crippen molar-refractivity contribution in [2.75, 3.05) is 26.6 Å². The van der Waals surface area contributed by atoms with Gasteiger partial charge in [0.1, 0.15) is 64.4 Å². The van der Waals surface area contributed by atoms with Gasteiger partial charge in [-0.2, -0.15) is 17.6 Å². The second-order valence-electron chi connectivity index (χ2n) is 26.4. The number of nitrogens with zero attached hydrogens (tertiary/aromatic N) is 9. The third-order valence-electron chi connectivity index (χ3n) is 16.6. The van der Waals surface area contributed by atoms with Crippen LogP contribution < -0.4 is 50.3 Å². The summed E-state index contributed by atoms with van der Waals surface area (Å²) >= 11 is 0. The topological polar surface area (TPSA) is 308 Å². The number of hydrogen-bond acceptors (Lipinski definition) is 19. The predicted octanol–water partition coefficient (Wildman–Crippen LogP) is 21.6. The second-order valence-corrected chi connectivity index (χ2v) is 26.4. The highest BCUT2D eigenvalue weighted by Crippen LogP contribution is 2.35. The van der Waals surface area contributed by atoms with Gasteiger partial charge in [-0.15, -0.1) is 6.42 Å². The molecule has 8 aromatic carbocycles. The van der Waals surface area contributed by atoms with Gasteiger partial charge in [0.25, 0.3) is 41.4 Å². The molecule has 15 rings (SSSR count). The number of pyridine rings is 5. The van der Waals surface area contributed by atoms with Gasteiger partial charge in [-0.25, -0.2) is 56.2 Å². The van der Waals surface area contributed by atoms with Gasteiger partial charge < -0.3 is 50.3 Å². The van der Waals surface area contributed by atoms with Crippen LogP contribution in [0.3, 0.4) is 0 Å². The summed E-state index contributed by atoms with van der Waals surface area (Å²) in [6.45, 7) is 3.38. The van der Waals surface area contributed by atoms with E-state index < -0.39 is 87.7 Å². The van der Waals surface area contributed by atoms with E-state index in [9.17, 15) is 67.9 Å².